The molecule has 2 aromatic carbocycles. The van der Waals surface area contributed by atoms with E-state index in [1.54, 1.807) is 0 Å². The Kier molecular flexibility index (Phi) is 5.75. The summed E-state index contributed by atoms with van der Waals surface area (Å²) >= 11 is 0. The largest absolute Gasteiger partial charge is 0.489 e. The standard InChI is InChI=1S/C28H34O4/c1-28-13-12-23-22-11-9-21(32-17-18-6-4-3-5-7-18)14-19(22)8-10-24(23)25(28)15-20(27(28)30)16-26(29)31-2/h3-7,9,11,14,20,23-25,27,30H,8,10,12-13,15-17H2,1-2H3/t20?,23?,24?,25?,27-,28-/m0/s1. The van der Waals surface area contributed by atoms with Gasteiger partial charge in [-0.3, -0.25) is 4.79 Å². The maximum Gasteiger partial charge on any atom is 0.305 e. The summed E-state index contributed by atoms with van der Waals surface area (Å²) in [5, 5.41) is 11.1. The fourth-order valence-electron chi connectivity index (χ4n) is 7.03. The summed E-state index contributed by atoms with van der Waals surface area (Å²) in [6.07, 6.45) is 5.19. The van der Waals surface area contributed by atoms with Crippen molar-refractivity contribution in [2.45, 2.75) is 64.1 Å². The van der Waals surface area contributed by atoms with Crippen LogP contribution in [0.1, 0.15) is 61.6 Å². The predicted molar refractivity (Wildman–Crippen MR) is 123 cm³/mol. The number of benzene rings is 2. The Morgan fingerprint density at radius 2 is 1.97 bits per heavy atom. The van der Waals surface area contributed by atoms with Gasteiger partial charge in [0.15, 0.2) is 0 Å². The van der Waals surface area contributed by atoms with Gasteiger partial charge >= 0.3 is 5.97 Å². The second-order valence-corrected chi connectivity index (χ2v) is 10.3. The number of carbonyl (C=O) groups is 1. The van der Waals surface area contributed by atoms with E-state index in [2.05, 4.69) is 37.3 Å². The number of fused-ring (bicyclic) bond motifs is 5. The van der Waals surface area contributed by atoms with E-state index in [1.165, 1.54) is 23.8 Å². The minimum atomic E-state index is -0.414. The van der Waals surface area contributed by atoms with E-state index in [1.807, 2.05) is 18.2 Å². The van der Waals surface area contributed by atoms with Crippen LogP contribution in [0.15, 0.2) is 48.5 Å². The van der Waals surface area contributed by atoms with Gasteiger partial charge in [0.05, 0.1) is 19.6 Å². The number of esters is 1. The Morgan fingerprint density at radius 1 is 1.16 bits per heavy atom. The summed E-state index contributed by atoms with van der Waals surface area (Å²) in [7, 11) is 1.43. The van der Waals surface area contributed by atoms with Crippen LogP contribution in [0.5, 0.6) is 5.75 Å². The summed E-state index contributed by atoms with van der Waals surface area (Å²) in [6.45, 7) is 2.84. The zero-order valence-corrected chi connectivity index (χ0v) is 19.1. The Balaban J connectivity index is 1.32. The lowest BCUT2D eigenvalue weighted by Gasteiger charge is -2.50. The molecule has 0 heterocycles. The van der Waals surface area contributed by atoms with Crippen LogP contribution in [0.2, 0.25) is 0 Å². The summed E-state index contributed by atoms with van der Waals surface area (Å²) in [4.78, 5) is 11.9. The van der Waals surface area contributed by atoms with Gasteiger partial charge in [-0.25, -0.2) is 0 Å². The average molecular weight is 435 g/mol. The molecule has 2 aromatic rings. The van der Waals surface area contributed by atoms with Crippen molar-refractivity contribution < 1.29 is 19.4 Å². The van der Waals surface area contributed by atoms with Crippen LogP contribution < -0.4 is 4.74 Å². The minimum absolute atomic E-state index is 0.0198. The molecule has 1 N–H and O–H groups in total. The molecule has 0 saturated heterocycles. The third kappa shape index (κ3) is 3.73. The van der Waals surface area contributed by atoms with Crippen molar-refractivity contribution in [3.05, 3.63) is 65.2 Å². The lowest BCUT2D eigenvalue weighted by Crippen LogP contribution is -2.44. The Labute approximate surface area is 190 Å². The molecule has 0 bridgehead atoms. The summed E-state index contributed by atoms with van der Waals surface area (Å²) in [6, 6.07) is 16.9. The van der Waals surface area contributed by atoms with E-state index >= 15 is 0 Å². The number of aliphatic hydroxyl groups is 1. The fraction of sp³-hybridized carbons (Fsp3) is 0.536. The molecule has 4 nitrogen and oxygen atoms in total. The van der Waals surface area contributed by atoms with E-state index < -0.39 is 6.10 Å². The van der Waals surface area contributed by atoms with Crippen molar-refractivity contribution in [3.8, 4) is 5.75 Å². The van der Waals surface area contributed by atoms with Gasteiger partial charge < -0.3 is 14.6 Å². The van der Waals surface area contributed by atoms with Crippen LogP contribution in [0.4, 0.5) is 0 Å². The molecular formula is C28H34O4. The molecule has 4 unspecified atom stereocenters. The molecule has 3 aliphatic carbocycles. The smallest absolute Gasteiger partial charge is 0.305 e. The van der Waals surface area contributed by atoms with Crippen LogP contribution in [0, 0.1) is 23.2 Å². The van der Waals surface area contributed by atoms with Gasteiger partial charge in [0, 0.05) is 0 Å². The molecule has 32 heavy (non-hydrogen) atoms. The molecule has 170 valence electrons. The van der Waals surface area contributed by atoms with Crippen LogP contribution in [0.3, 0.4) is 0 Å². The maximum atomic E-state index is 11.9. The van der Waals surface area contributed by atoms with E-state index in [0.29, 0.717) is 30.8 Å². The van der Waals surface area contributed by atoms with Crippen molar-refractivity contribution in [2.75, 3.05) is 7.11 Å². The fourth-order valence-corrected chi connectivity index (χ4v) is 7.03. The summed E-state index contributed by atoms with van der Waals surface area (Å²) < 4.78 is 11.0. The Bertz CT molecular complexity index is 971. The lowest BCUT2D eigenvalue weighted by molar-refractivity contribution is -0.143. The highest BCUT2D eigenvalue weighted by atomic mass is 16.5. The highest BCUT2D eigenvalue weighted by molar-refractivity contribution is 5.69. The number of hydrogen-bond acceptors (Lipinski definition) is 4. The molecule has 0 spiro atoms. The molecule has 2 fully saturated rings. The first-order valence-corrected chi connectivity index (χ1v) is 12.0. The third-order valence-electron chi connectivity index (χ3n) is 8.72. The number of rotatable bonds is 5. The molecule has 0 aromatic heterocycles. The van der Waals surface area contributed by atoms with Crippen LogP contribution in [-0.2, 0) is 22.6 Å². The lowest BCUT2D eigenvalue weighted by atomic mass is 9.55. The van der Waals surface area contributed by atoms with Gasteiger partial charge in [0.1, 0.15) is 12.4 Å². The quantitative estimate of drug-likeness (QED) is 0.651. The van der Waals surface area contributed by atoms with Crippen molar-refractivity contribution >= 4 is 5.97 Å². The number of methoxy groups -OCH3 is 1. The topological polar surface area (TPSA) is 55.8 Å². The molecule has 0 radical (unpaired) electrons. The number of aliphatic hydroxyl groups excluding tert-OH is 1. The number of hydrogen-bond donors (Lipinski definition) is 1. The molecule has 4 heteroatoms. The van der Waals surface area contributed by atoms with E-state index in [0.717, 1.165) is 37.9 Å². The molecule has 0 aliphatic heterocycles. The van der Waals surface area contributed by atoms with Crippen molar-refractivity contribution in [1.29, 1.82) is 0 Å². The molecule has 2 saturated carbocycles. The molecule has 3 aliphatic rings. The molecule has 6 atom stereocenters. The molecule has 5 rings (SSSR count). The summed E-state index contributed by atoms with van der Waals surface area (Å²) in [5.41, 5.74) is 3.99. The number of aryl methyl sites for hydroxylation is 1. The van der Waals surface area contributed by atoms with E-state index in [4.69, 9.17) is 9.47 Å². The second-order valence-electron chi connectivity index (χ2n) is 10.3. The Morgan fingerprint density at radius 3 is 2.75 bits per heavy atom. The van der Waals surface area contributed by atoms with Crippen LogP contribution in [0.25, 0.3) is 0 Å². The number of carbonyl (C=O) groups excluding carboxylic acids is 1. The normalized spacial score (nSPS) is 33.0. The first kappa shape index (κ1) is 21.5. The zero-order chi connectivity index (χ0) is 22.3. The highest BCUT2D eigenvalue weighted by Crippen LogP contribution is 2.62. The average Bonchev–Trinajstić information content (AvgIpc) is 3.08. The molecular weight excluding hydrogens is 400 g/mol. The second kappa shape index (κ2) is 8.55. The van der Waals surface area contributed by atoms with Gasteiger partial charge in [-0.05, 0) is 90.0 Å². The predicted octanol–water partition coefficient (Wildman–Crippen LogP) is 5.27. The van der Waals surface area contributed by atoms with Crippen LogP contribution in [-0.4, -0.2) is 24.3 Å². The molecule has 0 amide bonds. The third-order valence-corrected chi connectivity index (χ3v) is 8.72. The maximum absolute atomic E-state index is 11.9. The summed E-state index contributed by atoms with van der Waals surface area (Å²) in [5.74, 6) is 2.35. The van der Waals surface area contributed by atoms with Gasteiger partial charge in [-0.15, -0.1) is 0 Å². The monoisotopic (exact) mass is 434 g/mol. The zero-order valence-electron chi connectivity index (χ0n) is 19.1. The minimum Gasteiger partial charge on any atom is -0.489 e. The highest BCUT2D eigenvalue weighted by Gasteiger charge is 2.58. The van der Waals surface area contributed by atoms with Gasteiger partial charge in [0.25, 0.3) is 0 Å². The van der Waals surface area contributed by atoms with Crippen molar-refractivity contribution in [2.24, 2.45) is 23.2 Å². The SMILES string of the molecule is COC(=O)CC1CC2C3CCc4cc(OCc5ccccc5)ccc4C3CC[C@]2(C)[C@H]1O. The van der Waals surface area contributed by atoms with Crippen LogP contribution >= 0.6 is 0 Å². The van der Waals surface area contributed by atoms with E-state index in [9.17, 15) is 9.90 Å². The van der Waals surface area contributed by atoms with Crippen molar-refractivity contribution in [3.63, 3.8) is 0 Å². The first-order chi connectivity index (χ1) is 15.5. The van der Waals surface area contributed by atoms with Gasteiger partial charge in [0.2, 0.25) is 0 Å². The van der Waals surface area contributed by atoms with Gasteiger partial charge in [-0.1, -0.05) is 43.3 Å². The Hall–Kier alpha value is -2.33. The van der Waals surface area contributed by atoms with E-state index in [-0.39, 0.29) is 17.3 Å². The first-order valence-electron chi connectivity index (χ1n) is 12.0. The van der Waals surface area contributed by atoms with Crippen molar-refractivity contribution in [1.82, 2.24) is 0 Å². The van der Waals surface area contributed by atoms with Gasteiger partial charge in [-0.2, -0.15) is 0 Å². The number of ether oxygens (including phenoxy) is 2.